The summed E-state index contributed by atoms with van der Waals surface area (Å²) in [6.07, 6.45) is 0. The smallest absolute Gasteiger partial charge is 0.118 e. The summed E-state index contributed by atoms with van der Waals surface area (Å²) in [5, 5.41) is 10.7. The van der Waals surface area contributed by atoms with Gasteiger partial charge >= 0.3 is 0 Å². The second kappa shape index (κ2) is 8.52. The van der Waals surface area contributed by atoms with Crippen LogP contribution in [-0.2, 0) is 6.54 Å². The monoisotopic (exact) mass is 261 g/mol. The van der Waals surface area contributed by atoms with Gasteiger partial charge in [-0.15, -0.1) is 0 Å². The quantitative estimate of drug-likeness (QED) is 0.904. The first-order valence-electron chi connectivity index (χ1n) is 6.59. The Morgan fingerprint density at radius 3 is 2.58 bits per heavy atom. The summed E-state index contributed by atoms with van der Waals surface area (Å²) in [7, 11) is 1.70. The van der Waals surface area contributed by atoms with Crippen LogP contribution in [0.3, 0.4) is 0 Å². The van der Waals surface area contributed by atoms with Gasteiger partial charge in [0.25, 0.3) is 0 Å². The van der Waals surface area contributed by atoms with Gasteiger partial charge in [0.2, 0.25) is 0 Å². The van der Waals surface area contributed by atoms with Crippen molar-refractivity contribution in [3.63, 3.8) is 0 Å². The third-order valence-electron chi connectivity index (χ3n) is 3.18. The average Bonchev–Trinajstić information content (AvgIpc) is 2.43. The molecule has 1 unspecified atom stereocenters. The zero-order chi connectivity index (χ0) is 14.1. The first-order valence-corrected chi connectivity index (χ1v) is 6.59. The van der Waals surface area contributed by atoms with Crippen LogP contribution >= 0.6 is 0 Å². The predicted molar refractivity (Wildman–Crippen MR) is 77.0 cm³/mol. The van der Waals surface area contributed by atoms with Crippen LogP contribution in [-0.4, -0.2) is 37.7 Å². The number of nitrogens with one attached hydrogen (secondary N) is 1. The Bertz CT molecular complexity index is 397. The minimum absolute atomic E-state index is 0.621. The van der Waals surface area contributed by atoms with Crippen molar-refractivity contribution < 1.29 is 4.74 Å². The number of piperazine rings is 1. The molecule has 1 aliphatic rings. The summed E-state index contributed by atoms with van der Waals surface area (Å²) in [5.41, 5.74) is 1.36. The van der Waals surface area contributed by atoms with Crippen LogP contribution in [0.25, 0.3) is 0 Å². The standard InChI is InChI=1S/C13H20N2O.C2H3N/c1-11-9-14-7-8-15(11)10-12-3-5-13(16-2)6-4-12;1-2-3/h3-6,11,14H,7-10H2,1-2H3;1H3. The van der Waals surface area contributed by atoms with Crippen LogP contribution < -0.4 is 10.1 Å². The van der Waals surface area contributed by atoms with Crippen LogP contribution in [0.2, 0.25) is 0 Å². The Morgan fingerprint density at radius 1 is 1.42 bits per heavy atom. The lowest BCUT2D eigenvalue weighted by molar-refractivity contribution is 0.165. The third-order valence-corrected chi connectivity index (χ3v) is 3.18. The van der Waals surface area contributed by atoms with Crippen molar-refractivity contribution in [1.82, 2.24) is 10.2 Å². The van der Waals surface area contributed by atoms with E-state index in [4.69, 9.17) is 10.00 Å². The minimum atomic E-state index is 0.621. The number of nitriles is 1. The van der Waals surface area contributed by atoms with E-state index in [1.807, 2.05) is 12.1 Å². The highest BCUT2D eigenvalue weighted by Gasteiger charge is 2.17. The van der Waals surface area contributed by atoms with Crippen LogP contribution in [0.1, 0.15) is 19.4 Å². The molecule has 1 N–H and O–H groups in total. The van der Waals surface area contributed by atoms with Crippen molar-refractivity contribution in [2.75, 3.05) is 26.7 Å². The van der Waals surface area contributed by atoms with E-state index in [0.29, 0.717) is 6.04 Å². The molecule has 0 aromatic heterocycles. The molecule has 1 aromatic rings. The topological polar surface area (TPSA) is 48.3 Å². The van der Waals surface area contributed by atoms with Crippen LogP contribution in [0, 0.1) is 11.3 Å². The van der Waals surface area contributed by atoms with Crippen molar-refractivity contribution in [1.29, 1.82) is 5.26 Å². The normalized spacial score (nSPS) is 18.9. The number of benzene rings is 1. The molecule has 0 aliphatic carbocycles. The number of hydrogen-bond donors (Lipinski definition) is 1. The highest BCUT2D eigenvalue weighted by atomic mass is 16.5. The maximum Gasteiger partial charge on any atom is 0.118 e. The zero-order valence-corrected chi connectivity index (χ0v) is 12.0. The fraction of sp³-hybridized carbons (Fsp3) is 0.533. The van der Waals surface area contributed by atoms with Crippen LogP contribution in [0.5, 0.6) is 5.75 Å². The van der Waals surface area contributed by atoms with Gasteiger partial charge in [-0.05, 0) is 24.6 Å². The van der Waals surface area contributed by atoms with Crippen molar-refractivity contribution in [3.8, 4) is 11.8 Å². The number of ether oxygens (including phenoxy) is 1. The summed E-state index contributed by atoms with van der Waals surface area (Å²) in [6, 6.07) is 10.7. The molecule has 1 atom stereocenters. The molecule has 0 radical (unpaired) electrons. The molecule has 104 valence electrons. The van der Waals surface area contributed by atoms with Crippen molar-refractivity contribution in [2.24, 2.45) is 0 Å². The number of nitrogens with zero attached hydrogens (tertiary/aromatic N) is 2. The Hall–Kier alpha value is -1.57. The number of methoxy groups -OCH3 is 1. The molecule has 0 amide bonds. The first-order chi connectivity index (χ1) is 9.21. The second-order valence-corrected chi connectivity index (χ2v) is 4.60. The summed E-state index contributed by atoms with van der Waals surface area (Å²) in [5.74, 6) is 0.928. The summed E-state index contributed by atoms with van der Waals surface area (Å²) >= 11 is 0. The molecular formula is C15H23N3O. The Morgan fingerprint density at radius 2 is 2.05 bits per heavy atom. The van der Waals surface area contributed by atoms with Gasteiger partial charge in [-0.25, -0.2) is 0 Å². The van der Waals surface area contributed by atoms with E-state index in [1.54, 1.807) is 13.2 Å². The Balaban J connectivity index is 0.000000550. The van der Waals surface area contributed by atoms with Gasteiger partial charge in [0.1, 0.15) is 5.75 Å². The van der Waals surface area contributed by atoms with Crippen LogP contribution in [0.4, 0.5) is 0 Å². The second-order valence-electron chi connectivity index (χ2n) is 4.60. The fourth-order valence-corrected chi connectivity index (χ4v) is 2.08. The molecule has 4 nitrogen and oxygen atoms in total. The van der Waals surface area contributed by atoms with Crippen LogP contribution in [0.15, 0.2) is 24.3 Å². The lowest BCUT2D eigenvalue weighted by Gasteiger charge is -2.33. The van der Waals surface area contributed by atoms with E-state index in [-0.39, 0.29) is 0 Å². The zero-order valence-electron chi connectivity index (χ0n) is 12.0. The van der Waals surface area contributed by atoms with Crippen molar-refractivity contribution >= 4 is 0 Å². The predicted octanol–water partition coefficient (Wildman–Crippen LogP) is 2.02. The maximum atomic E-state index is 7.32. The molecule has 0 spiro atoms. The summed E-state index contributed by atoms with van der Waals surface area (Å²) < 4.78 is 5.16. The lowest BCUT2D eigenvalue weighted by atomic mass is 10.1. The molecule has 2 rings (SSSR count). The van der Waals surface area contributed by atoms with E-state index >= 15 is 0 Å². The van der Waals surface area contributed by atoms with E-state index in [9.17, 15) is 0 Å². The van der Waals surface area contributed by atoms with Gasteiger partial charge in [0.15, 0.2) is 0 Å². The van der Waals surface area contributed by atoms with Gasteiger partial charge in [0.05, 0.1) is 13.2 Å². The Kier molecular flexibility index (Phi) is 6.94. The van der Waals surface area contributed by atoms with Gasteiger partial charge in [-0.1, -0.05) is 12.1 Å². The molecule has 0 saturated carbocycles. The van der Waals surface area contributed by atoms with Gasteiger partial charge < -0.3 is 10.1 Å². The van der Waals surface area contributed by atoms with Crippen molar-refractivity contribution in [3.05, 3.63) is 29.8 Å². The van der Waals surface area contributed by atoms with Gasteiger partial charge in [-0.3, -0.25) is 4.90 Å². The molecule has 1 aliphatic heterocycles. The average molecular weight is 261 g/mol. The highest BCUT2D eigenvalue weighted by molar-refractivity contribution is 5.27. The molecule has 1 saturated heterocycles. The summed E-state index contributed by atoms with van der Waals surface area (Å²) in [6.45, 7) is 8.06. The summed E-state index contributed by atoms with van der Waals surface area (Å²) in [4.78, 5) is 2.51. The minimum Gasteiger partial charge on any atom is -0.497 e. The molecule has 4 heteroatoms. The molecule has 1 heterocycles. The highest BCUT2D eigenvalue weighted by Crippen LogP contribution is 2.14. The Labute approximate surface area is 116 Å². The molecule has 19 heavy (non-hydrogen) atoms. The SMILES string of the molecule is CC#N.COc1ccc(CN2CCNCC2C)cc1. The van der Waals surface area contributed by atoms with Gasteiger partial charge in [-0.2, -0.15) is 5.26 Å². The first kappa shape index (κ1) is 15.5. The fourth-order valence-electron chi connectivity index (χ4n) is 2.08. The largest absolute Gasteiger partial charge is 0.497 e. The lowest BCUT2D eigenvalue weighted by Crippen LogP contribution is -2.49. The third kappa shape index (κ3) is 5.29. The van der Waals surface area contributed by atoms with E-state index in [2.05, 4.69) is 29.3 Å². The number of hydrogen-bond acceptors (Lipinski definition) is 4. The van der Waals surface area contributed by atoms with E-state index in [0.717, 1.165) is 31.9 Å². The number of rotatable bonds is 3. The molecule has 1 fully saturated rings. The van der Waals surface area contributed by atoms with E-state index in [1.165, 1.54) is 12.5 Å². The van der Waals surface area contributed by atoms with E-state index < -0.39 is 0 Å². The molecule has 1 aromatic carbocycles. The molecule has 0 bridgehead atoms. The molecular weight excluding hydrogens is 238 g/mol. The maximum absolute atomic E-state index is 7.32. The van der Waals surface area contributed by atoms with Crippen molar-refractivity contribution in [2.45, 2.75) is 26.4 Å². The van der Waals surface area contributed by atoms with Gasteiger partial charge in [0, 0.05) is 39.1 Å².